The van der Waals surface area contributed by atoms with Crippen molar-refractivity contribution in [3.63, 3.8) is 0 Å². The van der Waals surface area contributed by atoms with E-state index in [4.69, 9.17) is 9.47 Å². The maximum absolute atomic E-state index is 9.61. The molecule has 2 aromatic heterocycles. The molecule has 0 saturated heterocycles. The van der Waals surface area contributed by atoms with Gasteiger partial charge in [-0.25, -0.2) is 4.98 Å². The number of aliphatic hydroxyl groups is 1. The van der Waals surface area contributed by atoms with E-state index in [1.807, 2.05) is 52.0 Å². The van der Waals surface area contributed by atoms with E-state index in [1.54, 1.807) is 13.3 Å². The summed E-state index contributed by atoms with van der Waals surface area (Å²) in [6, 6.07) is 7.63. The summed E-state index contributed by atoms with van der Waals surface area (Å²) in [5.41, 5.74) is 5.16. The van der Waals surface area contributed by atoms with Gasteiger partial charge in [0.1, 0.15) is 5.75 Å². The van der Waals surface area contributed by atoms with Gasteiger partial charge in [-0.2, -0.15) is 4.98 Å². The van der Waals surface area contributed by atoms with Crippen molar-refractivity contribution in [1.82, 2.24) is 15.0 Å². The monoisotopic (exact) mass is 379 g/mol. The second kappa shape index (κ2) is 8.35. The zero-order valence-electron chi connectivity index (χ0n) is 16.9. The van der Waals surface area contributed by atoms with E-state index >= 15 is 0 Å². The second-order valence-corrected chi connectivity index (χ2v) is 6.26. The Labute approximate surface area is 165 Å². The molecule has 0 radical (unpaired) electrons. The highest BCUT2D eigenvalue weighted by molar-refractivity contribution is 5.61. The van der Waals surface area contributed by atoms with Crippen molar-refractivity contribution in [1.29, 1.82) is 0 Å². The summed E-state index contributed by atoms with van der Waals surface area (Å²) < 4.78 is 11.4. The number of fused-ring (bicyclic) bond motifs is 2. The zero-order chi connectivity index (χ0) is 20.3. The molecular formula is C22H25N3O3. The second-order valence-electron chi connectivity index (χ2n) is 6.26. The van der Waals surface area contributed by atoms with E-state index in [1.165, 1.54) is 0 Å². The molecule has 1 N–H and O–H groups in total. The van der Waals surface area contributed by atoms with Crippen molar-refractivity contribution in [3.8, 4) is 28.8 Å². The van der Waals surface area contributed by atoms with Gasteiger partial charge in [-0.1, -0.05) is 26.0 Å². The predicted molar refractivity (Wildman–Crippen MR) is 108 cm³/mol. The molecule has 0 aliphatic carbocycles. The highest BCUT2D eigenvalue weighted by Gasteiger charge is 2.26. The molecule has 4 rings (SSSR count). The number of benzene rings is 1. The number of aromatic nitrogens is 3. The summed E-state index contributed by atoms with van der Waals surface area (Å²) in [6.07, 6.45) is 2.32. The standard InChI is InChI=1S/C20H19N3O3.C2H6/c1-11-16-8-17-14(10-24)9-21-12(2)18(17)26-20(16)23-19(22-11)13-5-4-6-15(7-13)25-3;1-2/h4-7,9,24H,8,10H2,1-3H3;1-2H3. The molecule has 0 atom stereocenters. The molecule has 6 heteroatoms. The Kier molecular flexibility index (Phi) is 5.90. The van der Waals surface area contributed by atoms with E-state index in [2.05, 4.69) is 15.0 Å². The van der Waals surface area contributed by atoms with Crippen molar-refractivity contribution >= 4 is 0 Å². The van der Waals surface area contributed by atoms with Gasteiger partial charge in [0.2, 0.25) is 5.88 Å². The molecule has 0 bridgehead atoms. The quantitative estimate of drug-likeness (QED) is 0.569. The fourth-order valence-electron chi connectivity index (χ4n) is 3.16. The number of hydrogen-bond acceptors (Lipinski definition) is 6. The van der Waals surface area contributed by atoms with Crippen molar-refractivity contribution in [3.05, 3.63) is 58.5 Å². The summed E-state index contributed by atoms with van der Waals surface area (Å²) in [4.78, 5) is 13.6. The number of ether oxygens (including phenoxy) is 2. The minimum absolute atomic E-state index is 0.0733. The average Bonchev–Trinajstić information content (AvgIpc) is 2.75. The molecule has 1 aliphatic rings. The average molecular weight is 379 g/mol. The first kappa shape index (κ1) is 19.8. The van der Waals surface area contributed by atoms with Crippen LogP contribution in [0.1, 0.15) is 41.9 Å². The highest BCUT2D eigenvalue weighted by Crippen LogP contribution is 2.40. The Balaban J connectivity index is 0.00000109. The first-order chi connectivity index (χ1) is 13.6. The van der Waals surface area contributed by atoms with Gasteiger partial charge in [-0.3, -0.25) is 4.98 Å². The number of rotatable bonds is 3. The molecule has 3 aromatic rings. The van der Waals surface area contributed by atoms with Crippen LogP contribution in [0.25, 0.3) is 11.4 Å². The van der Waals surface area contributed by atoms with Crippen LogP contribution in [0.15, 0.2) is 30.5 Å². The molecule has 0 saturated carbocycles. The summed E-state index contributed by atoms with van der Waals surface area (Å²) in [7, 11) is 1.63. The smallest absolute Gasteiger partial charge is 0.226 e. The van der Waals surface area contributed by atoms with Gasteiger partial charge in [0, 0.05) is 40.6 Å². The van der Waals surface area contributed by atoms with Gasteiger partial charge in [0.05, 0.1) is 19.4 Å². The van der Waals surface area contributed by atoms with E-state index in [9.17, 15) is 5.11 Å². The van der Waals surface area contributed by atoms with Crippen LogP contribution < -0.4 is 9.47 Å². The number of methoxy groups -OCH3 is 1. The summed E-state index contributed by atoms with van der Waals surface area (Å²) >= 11 is 0. The van der Waals surface area contributed by atoms with E-state index in [0.29, 0.717) is 23.9 Å². The van der Waals surface area contributed by atoms with Gasteiger partial charge >= 0.3 is 0 Å². The fraction of sp³-hybridized carbons (Fsp3) is 0.318. The van der Waals surface area contributed by atoms with Crippen LogP contribution in [0.5, 0.6) is 17.4 Å². The maximum Gasteiger partial charge on any atom is 0.226 e. The minimum Gasteiger partial charge on any atom is -0.497 e. The molecule has 0 amide bonds. The van der Waals surface area contributed by atoms with Crippen LogP contribution in [0.3, 0.4) is 0 Å². The first-order valence-electron chi connectivity index (χ1n) is 9.38. The van der Waals surface area contributed by atoms with E-state index < -0.39 is 0 Å². The van der Waals surface area contributed by atoms with Gasteiger partial charge in [0.15, 0.2) is 11.6 Å². The van der Waals surface area contributed by atoms with E-state index in [0.717, 1.165) is 39.4 Å². The highest BCUT2D eigenvalue weighted by atomic mass is 16.5. The Hall–Kier alpha value is -2.99. The number of aryl methyl sites for hydroxylation is 2. The van der Waals surface area contributed by atoms with E-state index in [-0.39, 0.29) is 6.61 Å². The molecule has 1 aliphatic heterocycles. The van der Waals surface area contributed by atoms with Crippen LogP contribution >= 0.6 is 0 Å². The molecule has 0 fully saturated rings. The fourth-order valence-corrected chi connectivity index (χ4v) is 3.16. The Morgan fingerprint density at radius 2 is 1.89 bits per heavy atom. The molecule has 3 heterocycles. The first-order valence-corrected chi connectivity index (χ1v) is 9.38. The van der Waals surface area contributed by atoms with Crippen molar-refractivity contribution < 1.29 is 14.6 Å². The third-order valence-electron chi connectivity index (χ3n) is 4.63. The maximum atomic E-state index is 9.61. The number of hydrogen-bond donors (Lipinski definition) is 1. The lowest BCUT2D eigenvalue weighted by Crippen LogP contribution is -2.13. The molecule has 0 unspecified atom stereocenters. The molecule has 28 heavy (non-hydrogen) atoms. The van der Waals surface area contributed by atoms with Crippen LogP contribution in [0.4, 0.5) is 0 Å². The molecule has 0 spiro atoms. The number of aliphatic hydroxyl groups excluding tert-OH is 1. The third kappa shape index (κ3) is 3.55. The SMILES string of the molecule is CC.COc1cccc(-c2nc(C)c3c(n2)Oc2c(C)ncc(CO)c2C3)c1. The van der Waals surface area contributed by atoms with Gasteiger partial charge in [-0.15, -0.1) is 0 Å². The lowest BCUT2D eigenvalue weighted by molar-refractivity contribution is 0.278. The van der Waals surface area contributed by atoms with Crippen molar-refractivity contribution in [2.75, 3.05) is 7.11 Å². The predicted octanol–water partition coefficient (Wildman–Crippen LogP) is 4.38. The lowest BCUT2D eigenvalue weighted by atomic mass is 9.97. The molecule has 1 aromatic carbocycles. The summed E-state index contributed by atoms with van der Waals surface area (Å²) in [5, 5.41) is 9.61. The van der Waals surface area contributed by atoms with Crippen molar-refractivity contribution in [2.45, 2.75) is 40.7 Å². The van der Waals surface area contributed by atoms with Gasteiger partial charge in [-0.05, 0) is 26.0 Å². The Morgan fingerprint density at radius 1 is 1.11 bits per heavy atom. The zero-order valence-corrected chi connectivity index (χ0v) is 16.9. The number of pyridine rings is 1. The summed E-state index contributed by atoms with van der Waals surface area (Å²) in [6.45, 7) is 7.77. The minimum atomic E-state index is -0.0733. The number of nitrogens with zero attached hydrogens (tertiary/aromatic N) is 3. The van der Waals surface area contributed by atoms with Gasteiger partial charge in [0.25, 0.3) is 0 Å². The van der Waals surface area contributed by atoms with Crippen LogP contribution in [0.2, 0.25) is 0 Å². The molecular weight excluding hydrogens is 354 g/mol. The van der Waals surface area contributed by atoms with Gasteiger partial charge < -0.3 is 14.6 Å². The lowest BCUT2D eigenvalue weighted by Gasteiger charge is -2.23. The topological polar surface area (TPSA) is 77.4 Å². The molecule has 146 valence electrons. The van der Waals surface area contributed by atoms with Crippen LogP contribution in [-0.4, -0.2) is 27.2 Å². The third-order valence-corrected chi connectivity index (χ3v) is 4.63. The van der Waals surface area contributed by atoms with Crippen LogP contribution in [-0.2, 0) is 13.0 Å². The summed E-state index contributed by atoms with van der Waals surface area (Å²) in [5.74, 6) is 2.56. The van der Waals surface area contributed by atoms with Crippen molar-refractivity contribution in [2.24, 2.45) is 0 Å². The molecule has 6 nitrogen and oxygen atoms in total. The Morgan fingerprint density at radius 3 is 2.61 bits per heavy atom. The Bertz CT molecular complexity index is 1000. The largest absolute Gasteiger partial charge is 0.497 e. The van der Waals surface area contributed by atoms with Crippen LogP contribution in [0, 0.1) is 13.8 Å². The normalized spacial score (nSPS) is 11.5.